The van der Waals surface area contributed by atoms with Gasteiger partial charge in [0, 0.05) is 19.2 Å². The van der Waals surface area contributed by atoms with Crippen LogP contribution < -0.4 is 4.74 Å². The number of halogens is 2. The van der Waals surface area contributed by atoms with Gasteiger partial charge in [-0.2, -0.15) is 0 Å². The van der Waals surface area contributed by atoms with Crippen molar-refractivity contribution in [3.8, 4) is 5.75 Å². The summed E-state index contributed by atoms with van der Waals surface area (Å²) < 4.78 is 31.4. The molecule has 0 spiro atoms. The summed E-state index contributed by atoms with van der Waals surface area (Å²) in [7, 11) is 1.76. The van der Waals surface area contributed by atoms with Crippen LogP contribution in [-0.2, 0) is 4.79 Å². The van der Waals surface area contributed by atoms with Crippen molar-refractivity contribution < 1.29 is 18.3 Å². The van der Waals surface area contributed by atoms with E-state index in [1.54, 1.807) is 11.9 Å². The van der Waals surface area contributed by atoms with E-state index in [1.165, 1.54) is 12.5 Å². The molecule has 0 bridgehead atoms. The fraction of sp³-hybridized carbons (Fsp3) is 0.562. The van der Waals surface area contributed by atoms with E-state index in [0.717, 1.165) is 31.4 Å². The van der Waals surface area contributed by atoms with Crippen LogP contribution in [0.15, 0.2) is 18.2 Å². The molecular weight excluding hydrogens is 276 g/mol. The number of ether oxygens (including phenoxy) is 1. The third kappa shape index (κ3) is 3.93. The SMILES string of the molecule is CC1CCCCC1N(C)C(=O)COc1ccc(F)cc1F. The monoisotopic (exact) mass is 297 g/mol. The van der Waals surface area contributed by atoms with Gasteiger partial charge in [-0.3, -0.25) is 4.79 Å². The number of benzene rings is 1. The van der Waals surface area contributed by atoms with Gasteiger partial charge in [-0.15, -0.1) is 0 Å². The van der Waals surface area contributed by atoms with E-state index in [0.29, 0.717) is 5.92 Å². The molecule has 2 rings (SSSR count). The van der Waals surface area contributed by atoms with Gasteiger partial charge in [-0.25, -0.2) is 8.78 Å². The molecule has 2 atom stereocenters. The van der Waals surface area contributed by atoms with E-state index in [2.05, 4.69) is 6.92 Å². The Morgan fingerprint density at radius 3 is 2.71 bits per heavy atom. The standard InChI is InChI=1S/C16H21F2NO2/c1-11-5-3-4-6-14(11)19(2)16(20)10-21-15-8-7-12(17)9-13(15)18/h7-9,11,14H,3-6,10H2,1-2H3. The largest absolute Gasteiger partial charge is 0.481 e. The molecule has 0 aromatic heterocycles. The number of rotatable bonds is 4. The first kappa shape index (κ1) is 15.7. The molecular formula is C16H21F2NO2. The van der Waals surface area contributed by atoms with Gasteiger partial charge in [0.15, 0.2) is 18.2 Å². The summed E-state index contributed by atoms with van der Waals surface area (Å²) >= 11 is 0. The summed E-state index contributed by atoms with van der Waals surface area (Å²) in [5, 5.41) is 0. The van der Waals surface area contributed by atoms with Crippen LogP contribution in [0.3, 0.4) is 0 Å². The van der Waals surface area contributed by atoms with Crippen LogP contribution in [-0.4, -0.2) is 30.5 Å². The lowest BCUT2D eigenvalue weighted by Gasteiger charge is -2.36. The second kappa shape index (κ2) is 6.87. The molecule has 0 radical (unpaired) electrons. The summed E-state index contributed by atoms with van der Waals surface area (Å²) in [6.07, 6.45) is 4.45. The molecule has 5 heteroatoms. The number of hydrogen-bond acceptors (Lipinski definition) is 2. The maximum atomic E-state index is 13.4. The average Bonchev–Trinajstić information content (AvgIpc) is 2.46. The molecule has 2 unspecified atom stereocenters. The zero-order valence-electron chi connectivity index (χ0n) is 12.4. The second-order valence-corrected chi connectivity index (χ2v) is 5.70. The summed E-state index contributed by atoms with van der Waals surface area (Å²) in [6, 6.07) is 3.26. The maximum absolute atomic E-state index is 13.4. The Balaban J connectivity index is 1.91. The summed E-state index contributed by atoms with van der Waals surface area (Å²) in [5.74, 6) is -1.28. The molecule has 1 saturated carbocycles. The number of amides is 1. The van der Waals surface area contributed by atoms with Gasteiger partial charge in [0.25, 0.3) is 5.91 Å². The summed E-state index contributed by atoms with van der Waals surface area (Å²) in [5.41, 5.74) is 0. The van der Waals surface area contributed by atoms with Crippen LogP contribution in [0.5, 0.6) is 5.75 Å². The molecule has 0 N–H and O–H groups in total. The van der Waals surface area contributed by atoms with E-state index in [-0.39, 0.29) is 24.3 Å². The molecule has 21 heavy (non-hydrogen) atoms. The smallest absolute Gasteiger partial charge is 0.260 e. The third-order valence-electron chi connectivity index (χ3n) is 4.20. The fourth-order valence-electron chi connectivity index (χ4n) is 2.89. The fourth-order valence-corrected chi connectivity index (χ4v) is 2.89. The Morgan fingerprint density at radius 1 is 1.33 bits per heavy atom. The first-order valence-corrected chi connectivity index (χ1v) is 7.32. The van der Waals surface area contributed by atoms with Crippen LogP contribution in [0.4, 0.5) is 8.78 Å². The molecule has 1 aliphatic carbocycles. The van der Waals surface area contributed by atoms with Gasteiger partial charge in [0.1, 0.15) is 5.82 Å². The highest BCUT2D eigenvalue weighted by atomic mass is 19.1. The number of hydrogen-bond donors (Lipinski definition) is 0. The molecule has 1 fully saturated rings. The minimum absolute atomic E-state index is 0.102. The molecule has 116 valence electrons. The zero-order chi connectivity index (χ0) is 15.4. The van der Waals surface area contributed by atoms with Gasteiger partial charge in [-0.05, 0) is 30.9 Å². The topological polar surface area (TPSA) is 29.5 Å². The zero-order valence-corrected chi connectivity index (χ0v) is 12.4. The van der Waals surface area contributed by atoms with Crippen molar-refractivity contribution in [1.29, 1.82) is 0 Å². The molecule has 1 amide bonds. The summed E-state index contributed by atoms with van der Waals surface area (Å²) in [6.45, 7) is 1.91. The van der Waals surface area contributed by atoms with Gasteiger partial charge in [0.2, 0.25) is 0 Å². The van der Waals surface area contributed by atoms with Gasteiger partial charge in [-0.1, -0.05) is 19.8 Å². The first-order valence-electron chi connectivity index (χ1n) is 7.32. The van der Waals surface area contributed by atoms with Gasteiger partial charge < -0.3 is 9.64 Å². The van der Waals surface area contributed by atoms with E-state index in [9.17, 15) is 13.6 Å². The first-order chi connectivity index (χ1) is 9.99. The van der Waals surface area contributed by atoms with Crippen LogP contribution in [0.1, 0.15) is 32.6 Å². The normalized spacial score (nSPS) is 21.9. The van der Waals surface area contributed by atoms with Crippen molar-refractivity contribution in [1.82, 2.24) is 4.90 Å². The van der Waals surface area contributed by atoms with Crippen molar-refractivity contribution in [2.75, 3.05) is 13.7 Å². The third-order valence-corrected chi connectivity index (χ3v) is 4.20. The lowest BCUT2D eigenvalue weighted by atomic mass is 9.85. The molecule has 3 nitrogen and oxygen atoms in total. The predicted octanol–water partition coefficient (Wildman–Crippen LogP) is 3.38. The van der Waals surface area contributed by atoms with Crippen molar-refractivity contribution in [3.05, 3.63) is 29.8 Å². The van der Waals surface area contributed by atoms with E-state index >= 15 is 0 Å². The average molecular weight is 297 g/mol. The highest BCUT2D eigenvalue weighted by Gasteiger charge is 2.28. The second-order valence-electron chi connectivity index (χ2n) is 5.70. The number of carbonyl (C=O) groups is 1. The molecule has 0 saturated heterocycles. The molecule has 0 aliphatic heterocycles. The van der Waals surface area contributed by atoms with Crippen LogP contribution in [0.2, 0.25) is 0 Å². The van der Waals surface area contributed by atoms with E-state index < -0.39 is 11.6 Å². The van der Waals surface area contributed by atoms with Gasteiger partial charge >= 0.3 is 0 Å². The predicted molar refractivity (Wildman–Crippen MR) is 76.0 cm³/mol. The summed E-state index contributed by atoms with van der Waals surface area (Å²) in [4.78, 5) is 13.8. The van der Waals surface area contributed by atoms with Crippen molar-refractivity contribution in [2.45, 2.75) is 38.6 Å². The minimum atomic E-state index is -0.795. The highest BCUT2D eigenvalue weighted by Crippen LogP contribution is 2.27. The molecule has 0 heterocycles. The Hall–Kier alpha value is -1.65. The molecule has 1 aromatic carbocycles. The van der Waals surface area contributed by atoms with Crippen molar-refractivity contribution in [2.24, 2.45) is 5.92 Å². The van der Waals surface area contributed by atoms with Crippen LogP contribution >= 0.6 is 0 Å². The Labute approximate surface area is 123 Å². The lowest BCUT2D eigenvalue weighted by molar-refractivity contribution is -0.135. The van der Waals surface area contributed by atoms with Crippen molar-refractivity contribution in [3.63, 3.8) is 0 Å². The van der Waals surface area contributed by atoms with Crippen molar-refractivity contribution >= 4 is 5.91 Å². The molecule has 1 aliphatic rings. The van der Waals surface area contributed by atoms with Gasteiger partial charge in [0.05, 0.1) is 0 Å². The van der Waals surface area contributed by atoms with E-state index in [4.69, 9.17) is 4.74 Å². The Kier molecular flexibility index (Phi) is 5.15. The Morgan fingerprint density at radius 2 is 2.05 bits per heavy atom. The lowest BCUT2D eigenvalue weighted by Crippen LogP contribution is -2.44. The Bertz CT molecular complexity index is 507. The number of likely N-dealkylation sites (N-methyl/N-ethyl adjacent to an activating group) is 1. The number of carbonyl (C=O) groups excluding carboxylic acids is 1. The van der Waals surface area contributed by atoms with Crippen LogP contribution in [0, 0.1) is 17.6 Å². The quantitative estimate of drug-likeness (QED) is 0.852. The number of nitrogens with zero attached hydrogens (tertiary/aromatic N) is 1. The maximum Gasteiger partial charge on any atom is 0.260 e. The van der Waals surface area contributed by atoms with Crippen LogP contribution in [0.25, 0.3) is 0 Å². The van der Waals surface area contributed by atoms with E-state index in [1.807, 2.05) is 0 Å². The highest BCUT2D eigenvalue weighted by molar-refractivity contribution is 5.77. The minimum Gasteiger partial charge on any atom is -0.481 e. The molecule has 1 aromatic rings.